The minimum Gasteiger partial charge on any atom is -0.495 e. The zero-order chi connectivity index (χ0) is 24.8. The molecule has 1 amide bonds. The summed E-state index contributed by atoms with van der Waals surface area (Å²) in [5.74, 6) is 1.41. The summed E-state index contributed by atoms with van der Waals surface area (Å²) in [6, 6.07) is 6.56. The summed E-state index contributed by atoms with van der Waals surface area (Å²) in [5.41, 5.74) is 9.34. The fraction of sp³-hybridized carbons (Fsp3) is 0.370. The average molecular weight is 503 g/mol. The number of likely N-dealkylation sites (tertiary alicyclic amines) is 2. The molecule has 3 aromatic heterocycles. The van der Waals surface area contributed by atoms with E-state index in [1.165, 1.54) is 19.2 Å². The van der Waals surface area contributed by atoms with Crippen molar-refractivity contribution in [2.45, 2.75) is 25.8 Å². The summed E-state index contributed by atoms with van der Waals surface area (Å²) in [6.45, 7) is 6.49. The van der Waals surface area contributed by atoms with Crippen LogP contribution in [0.15, 0.2) is 42.9 Å². The first-order valence-electron chi connectivity index (χ1n) is 12.4. The van der Waals surface area contributed by atoms with Crippen molar-refractivity contribution in [3.63, 3.8) is 0 Å². The lowest BCUT2D eigenvalue weighted by molar-refractivity contribution is -0.131. The standard InChI is InChI=1S/C27H30N6O2S/c1-17-10-18-12-22(36-25(18)21(11-17)35-2)20-15-33(27-24(20)26(28)29-16-30-27)19-13-32(14-19)23(34)6-5-9-31-7-3-4-8-31/h5-6,10-12,15-16,19H,3-4,7-9,13-14H2,1-2H3,(H2,28,29,30)/b6-5+. The molecule has 2 N–H and O–H groups in total. The number of hydrogen-bond acceptors (Lipinski definition) is 7. The number of aromatic nitrogens is 3. The fourth-order valence-electron chi connectivity index (χ4n) is 5.31. The van der Waals surface area contributed by atoms with E-state index >= 15 is 0 Å². The number of hydrogen-bond donors (Lipinski definition) is 1. The van der Waals surface area contributed by atoms with E-state index in [9.17, 15) is 4.79 Å². The second-order valence-corrected chi connectivity index (χ2v) is 10.8. The van der Waals surface area contributed by atoms with Crippen molar-refractivity contribution in [1.82, 2.24) is 24.3 Å². The lowest BCUT2D eigenvalue weighted by Crippen LogP contribution is -2.50. The average Bonchev–Trinajstić information content (AvgIpc) is 3.57. The Morgan fingerprint density at radius 1 is 1.22 bits per heavy atom. The molecule has 36 heavy (non-hydrogen) atoms. The zero-order valence-electron chi connectivity index (χ0n) is 20.6. The van der Waals surface area contributed by atoms with Gasteiger partial charge >= 0.3 is 0 Å². The van der Waals surface area contributed by atoms with Crippen molar-refractivity contribution in [3.05, 3.63) is 48.4 Å². The molecule has 0 spiro atoms. The van der Waals surface area contributed by atoms with Crippen molar-refractivity contribution in [2.24, 2.45) is 0 Å². The lowest BCUT2D eigenvalue weighted by Gasteiger charge is -2.39. The van der Waals surface area contributed by atoms with Gasteiger partial charge in [0, 0.05) is 42.3 Å². The maximum Gasteiger partial charge on any atom is 0.246 e. The Hall–Kier alpha value is -3.43. The van der Waals surface area contributed by atoms with E-state index < -0.39 is 0 Å². The van der Waals surface area contributed by atoms with Crippen LogP contribution in [0.1, 0.15) is 24.4 Å². The molecule has 4 aromatic rings. The van der Waals surface area contributed by atoms with Crippen LogP contribution in [0, 0.1) is 6.92 Å². The Bertz CT molecular complexity index is 1480. The second-order valence-electron chi connectivity index (χ2n) is 9.71. The zero-order valence-corrected chi connectivity index (χ0v) is 21.4. The SMILES string of the molecule is COc1cc(C)cc2cc(-c3cn(C4CN(C(=O)/C=C/CN5CCCC5)C4)c4ncnc(N)c34)sc12. The summed E-state index contributed by atoms with van der Waals surface area (Å²) in [4.78, 5) is 26.9. The van der Waals surface area contributed by atoms with E-state index in [1.54, 1.807) is 24.5 Å². The van der Waals surface area contributed by atoms with Gasteiger partial charge in [0.2, 0.25) is 5.91 Å². The summed E-state index contributed by atoms with van der Waals surface area (Å²) in [6.07, 6.45) is 9.86. The Balaban J connectivity index is 1.27. The number of benzene rings is 1. The lowest BCUT2D eigenvalue weighted by atomic mass is 10.1. The molecular formula is C27H30N6O2S. The fourth-order valence-corrected chi connectivity index (χ4v) is 6.46. The molecule has 0 unspecified atom stereocenters. The molecule has 5 heterocycles. The minimum atomic E-state index is 0.0724. The van der Waals surface area contributed by atoms with Gasteiger partial charge in [0.05, 0.1) is 23.2 Å². The number of methoxy groups -OCH3 is 1. The number of thiophene rings is 1. The van der Waals surface area contributed by atoms with Crippen LogP contribution in [0.3, 0.4) is 0 Å². The van der Waals surface area contributed by atoms with Crippen molar-refractivity contribution in [1.29, 1.82) is 0 Å². The number of nitrogens with zero attached hydrogens (tertiary/aromatic N) is 5. The molecule has 2 saturated heterocycles. The molecule has 0 radical (unpaired) electrons. The van der Waals surface area contributed by atoms with Crippen LogP contribution in [0.25, 0.3) is 31.6 Å². The molecule has 2 fully saturated rings. The van der Waals surface area contributed by atoms with Crippen LogP contribution in [0.4, 0.5) is 5.82 Å². The molecule has 6 rings (SSSR count). The van der Waals surface area contributed by atoms with E-state index in [0.29, 0.717) is 18.9 Å². The van der Waals surface area contributed by atoms with E-state index in [1.807, 2.05) is 11.0 Å². The molecule has 9 heteroatoms. The van der Waals surface area contributed by atoms with Gasteiger partial charge in [0.15, 0.2) is 0 Å². The van der Waals surface area contributed by atoms with E-state index in [-0.39, 0.29) is 11.9 Å². The highest BCUT2D eigenvalue weighted by Gasteiger charge is 2.33. The normalized spacial score (nSPS) is 17.0. The quantitative estimate of drug-likeness (QED) is 0.397. The predicted molar refractivity (Wildman–Crippen MR) is 144 cm³/mol. The summed E-state index contributed by atoms with van der Waals surface area (Å²) in [5, 5.41) is 2.00. The first-order chi connectivity index (χ1) is 17.5. The highest BCUT2D eigenvalue weighted by molar-refractivity contribution is 7.22. The topological polar surface area (TPSA) is 89.5 Å². The molecule has 0 saturated carbocycles. The Morgan fingerprint density at radius 2 is 2.03 bits per heavy atom. The van der Waals surface area contributed by atoms with Gasteiger partial charge in [-0.05, 0) is 55.9 Å². The van der Waals surface area contributed by atoms with Crippen LogP contribution >= 0.6 is 11.3 Å². The molecule has 186 valence electrons. The van der Waals surface area contributed by atoms with Crippen molar-refractivity contribution < 1.29 is 9.53 Å². The van der Waals surface area contributed by atoms with E-state index in [0.717, 1.165) is 62.5 Å². The minimum absolute atomic E-state index is 0.0724. The largest absolute Gasteiger partial charge is 0.495 e. The molecular weight excluding hydrogens is 472 g/mol. The van der Waals surface area contributed by atoms with Gasteiger partial charge < -0.3 is 19.9 Å². The van der Waals surface area contributed by atoms with E-state index in [2.05, 4.69) is 50.8 Å². The summed E-state index contributed by atoms with van der Waals surface area (Å²) < 4.78 is 8.91. The third-order valence-corrected chi connectivity index (χ3v) is 8.44. The number of fused-ring (bicyclic) bond motifs is 2. The van der Waals surface area contributed by atoms with Gasteiger partial charge in [0.25, 0.3) is 0 Å². The van der Waals surface area contributed by atoms with Crippen LogP contribution in [-0.4, -0.2) is 70.1 Å². The maximum atomic E-state index is 12.7. The number of anilines is 1. The molecule has 0 atom stereocenters. The van der Waals surface area contributed by atoms with Gasteiger partial charge in [-0.1, -0.05) is 12.1 Å². The Morgan fingerprint density at radius 3 is 2.81 bits per heavy atom. The van der Waals surface area contributed by atoms with Crippen LogP contribution in [0.2, 0.25) is 0 Å². The monoisotopic (exact) mass is 502 g/mol. The smallest absolute Gasteiger partial charge is 0.246 e. The number of carbonyl (C=O) groups excluding carboxylic acids is 1. The third kappa shape index (κ3) is 4.02. The highest BCUT2D eigenvalue weighted by atomic mass is 32.1. The van der Waals surface area contributed by atoms with Crippen molar-refractivity contribution in [3.8, 4) is 16.2 Å². The molecule has 2 aliphatic heterocycles. The number of carbonyl (C=O) groups is 1. The van der Waals surface area contributed by atoms with Crippen LogP contribution < -0.4 is 10.5 Å². The third-order valence-electron chi connectivity index (χ3n) is 7.24. The van der Waals surface area contributed by atoms with E-state index in [4.69, 9.17) is 10.5 Å². The first-order valence-corrected chi connectivity index (χ1v) is 13.2. The van der Waals surface area contributed by atoms with Gasteiger partial charge in [-0.3, -0.25) is 9.69 Å². The van der Waals surface area contributed by atoms with Gasteiger partial charge in [-0.25, -0.2) is 9.97 Å². The number of ether oxygens (including phenoxy) is 1. The van der Waals surface area contributed by atoms with Gasteiger partial charge in [0.1, 0.15) is 23.5 Å². The maximum absolute atomic E-state index is 12.7. The first kappa shape index (κ1) is 23.0. The highest BCUT2D eigenvalue weighted by Crippen LogP contribution is 2.43. The number of nitrogen functional groups attached to an aromatic ring is 1. The summed E-state index contributed by atoms with van der Waals surface area (Å²) in [7, 11) is 1.70. The Labute approximate surface area is 214 Å². The molecule has 0 aliphatic carbocycles. The molecule has 8 nitrogen and oxygen atoms in total. The van der Waals surface area contributed by atoms with Crippen molar-refractivity contribution >= 4 is 44.2 Å². The molecule has 0 bridgehead atoms. The van der Waals surface area contributed by atoms with Crippen LogP contribution in [0.5, 0.6) is 5.75 Å². The second kappa shape index (κ2) is 9.22. The number of amides is 1. The van der Waals surface area contributed by atoms with Crippen LogP contribution in [-0.2, 0) is 4.79 Å². The molecule has 1 aromatic carbocycles. The number of rotatable bonds is 6. The van der Waals surface area contributed by atoms with Gasteiger partial charge in [-0.2, -0.15) is 0 Å². The van der Waals surface area contributed by atoms with Crippen molar-refractivity contribution in [2.75, 3.05) is 45.6 Å². The summed E-state index contributed by atoms with van der Waals surface area (Å²) >= 11 is 1.68. The predicted octanol–water partition coefficient (Wildman–Crippen LogP) is 4.25. The Kier molecular flexibility index (Phi) is 5.89. The molecule has 2 aliphatic rings. The van der Waals surface area contributed by atoms with Gasteiger partial charge in [-0.15, -0.1) is 11.3 Å². The number of nitrogens with two attached hydrogens (primary N) is 1. The number of aryl methyl sites for hydroxylation is 1.